The largest absolute Gasteiger partial charge is 0.432 e. The van der Waals surface area contributed by atoms with Crippen LogP contribution < -0.4 is 4.74 Å². The Morgan fingerprint density at radius 3 is 1.68 bits per heavy atom. The van der Waals surface area contributed by atoms with Crippen LogP contribution in [-0.2, 0) is 6.11 Å². The summed E-state index contributed by atoms with van der Waals surface area (Å²) >= 11 is 0. The predicted molar refractivity (Wildman–Crippen MR) is 136 cm³/mol. The first-order chi connectivity index (χ1) is 18.5. The maximum Gasteiger partial charge on any atom is 0.432 e. The first-order valence-corrected chi connectivity index (χ1v) is 12.1. The summed E-state index contributed by atoms with van der Waals surface area (Å²) in [4.78, 5) is 0. The van der Waals surface area contributed by atoms with Gasteiger partial charge >= 0.3 is 6.11 Å². The molecule has 1 aliphatic rings. The highest BCUT2D eigenvalue weighted by molar-refractivity contribution is 5.71. The Labute approximate surface area is 226 Å². The molecule has 0 bridgehead atoms. The Balaban J connectivity index is 0.00000370. The average Bonchev–Trinajstić information content (AvgIpc) is 3.41. The van der Waals surface area contributed by atoms with Gasteiger partial charge in [0.25, 0.3) is 0 Å². The standard InChI is InChI=1S/C30H20F8O.CH4/c31-23-11-19(18-7-5-17(6-8-18)16-3-1-2-4-16)9-10-22(23)20-12-24(32)28(25(33)13-20)30(37,38)39-21-14-26(34)29(36)27(35)15-21;/h5-16H,1-4H2;1H4. The van der Waals surface area contributed by atoms with Crippen LogP contribution in [0.1, 0.15) is 50.2 Å². The molecule has 4 aromatic rings. The first-order valence-electron chi connectivity index (χ1n) is 12.1. The molecule has 0 saturated heterocycles. The monoisotopic (exact) mass is 564 g/mol. The minimum atomic E-state index is -4.74. The van der Waals surface area contributed by atoms with Crippen molar-refractivity contribution in [1.29, 1.82) is 0 Å². The number of ether oxygens (including phenoxy) is 1. The van der Waals surface area contributed by atoms with Gasteiger partial charge in [0.15, 0.2) is 17.5 Å². The first kappa shape index (κ1) is 29.1. The van der Waals surface area contributed by atoms with E-state index in [2.05, 4.69) is 4.74 Å². The molecular weight excluding hydrogens is 540 g/mol. The van der Waals surface area contributed by atoms with Gasteiger partial charge in [-0.3, -0.25) is 0 Å². The second-order valence-corrected chi connectivity index (χ2v) is 9.43. The lowest BCUT2D eigenvalue weighted by molar-refractivity contribution is -0.189. The summed E-state index contributed by atoms with van der Waals surface area (Å²) in [5.74, 6) is -10.7. The summed E-state index contributed by atoms with van der Waals surface area (Å²) in [5, 5.41) is 0. The molecule has 0 unspecified atom stereocenters. The van der Waals surface area contributed by atoms with E-state index in [-0.39, 0.29) is 30.7 Å². The second kappa shape index (κ2) is 11.3. The average molecular weight is 565 g/mol. The van der Waals surface area contributed by atoms with Gasteiger partial charge in [0, 0.05) is 17.7 Å². The smallest absolute Gasteiger partial charge is 0.429 e. The van der Waals surface area contributed by atoms with Gasteiger partial charge in [-0.2, -0.15) is 8.78 Å². The fourth-order valence-electron chi connectivity index (χ4n) is 4.93. The van der Waals surface area contributed by atoms with E-state index in [1.807, 2.05) is 24.3 Å². The fraction of sp³-hybridized carbons (Fsp3) is 0.226. The van der Waals surface area contributed by atoms with Crippen molar-refractivity contribution < 1.29 is 39.9 Å². The lowest BCUT2D eigenvalue weighted by Crippen LogP contribution is -2.25. The molecular formula is C31H24F8O. The van der Waals surface area contributed by atoms with Crippen LogP contribution in [0.2, 0.25) is 0 Å². The number of alkyl halides is 2. The van der Waals surface area contributed by atoms with E-state index in [1.165, 1.54) is 30.5 Å². The Hall–Kier alpha value is -3.88. The van der Waals surface area contributed by atoms with Crippen LogP contribution in [0.3, 0.4) is 0 Å². The van der Waals surface area contributed by atoms with Crippen LogP contribution in [0.15, 0.2) is 66.7 Å². The molecule has 0 radical (unpaired) electrons. The van der Waals surface area contributed by atoms with E-state index in [9.17, 15) is 30.7 Å². The number of hydrogen-bond acceptors (Lipinski definition) is 1. The van der Waals surface area contributed by atoms with Gasteiger partial charge in [0.05, 0.1) is 0 Å². The Bertz CT molecular complexity index is 1480. The maximum atomic E-state index is 15.0. The Kier molecular flexibility index (Phi) is 8.23. The van der Waals surface area contributed by atoms with Crippen molar-refractivity contribution in [1.82, 2.24) is 0 Å². The molecule has 40 heavy (non-hydrogen) atoms. The molecule has 210 valence electrons. The summed E-state index contributed by atoms with van der Waals surface area (Å²) in [6, 6.07) is 12.9. The molecule has 9 heteroatoms. The fourth-order valence-corrected chi connectivity index (χ4v) is 4.93. The molecule has 1 fully saturated rings. The van der Waals surface area contributed by atoms with Crippen molar-refractivity contribution in [2.75, 3.05) is 0 Å². The van der Waals surface area contributed by atoms with Crippen LogP contribution in [0.25, 0.3) is 22.3 Å². The van der Waals surface area contributed by atoms with Gasteiger partial charge < -0.3 is 4.74 Å². The van der Waals surface area contributed by atoms with E-state index >= 15 is 4.39 Å². The molecule has 0 heterocycles. The van der Waals surface area contributed by atoms with E-state index in [4.69, 9.17) is 0 Å². The molecule has 1 saturated carbocycles. The highest BCUT2D eigenvalue weighted by Gasteiger charge is 2.41. The van der Waals surface area contributed by atoms with Crippen molar-refractivity contribution in [2.24, 2.45) is 0 Å². The zero-order chi connectivity index (χ0) is 27.9. The van der Waals surface area contributed by atoms with Gasteiger partial charge in [0.2, 0.25) is 0 Å². The summed E-state index contributed by atoms with van der Waals surface area (Å²) in [5.41, 5.74) is 0.0121. The minimum absolute atomic E-state index is 0. The van der Waals surface area contributed by atoms with Crippen molar-refractivity contribution in [3.05, 3.63) is 113 Å². The summed E-state index contributed by atoms with van der Waals surface area (Å²) < 4.78 is 118. The second-order valence-electron chi connectivity index (χ2n) is 9.43. The van der Waals surface area contributed by atoms with Crippen LogP contribution in [-0.4, -0.2) is 0 Å². The van der Waals surface area contributed by atoms with Crippen LogP contribution in [0.5, 0.6) is 5.75 Å². The highest BCUT2D eigenvalue weighted by atomic mass is 19.3. The minimum Gasteiger partial charge on any atom is -0.429 e. The summed E-state index contributed by atoms with van der Waals surface area (Å²) in [6.45, 7) is 0. The Morgan fingerprint density at radius 2 is 1.12 bits per heavy atom. The molecule has 0 amide bonds. The van der Waals surface area contributed by atoms with Crippen molar-refractivity contribution in [3.8, 4) is 28.0 Å². The van der Waals surface area contributed by atoms with Gasteiger partial charge in [-0.05, 0) is 59.2 Å². The van der Waals surface area contributed by atoms with E-state index in [0.717, 1.165) is 18.4 Å². The summed E-state index contributed by atoms with van der Waals surface area (Å²) in [7, 11) is 0. The molecule has 0 aliphatic heterocycles. The SMILES string of the molecule is C.Fc1cc(-c2ccc(C3CCCC3)cc2)ccc1-c1cc(F)c(C(F)(F)Oc2cc(F)c(F)c(F)c2)c(F)c1. The number of rotatable bonds is 6. The van der Waals surface area contributed by atoms with Gasteiger partial charge in [0.1, 0.15) is 28.8 Å². The zero-order valence-electron chi connectivity index (χ0n) is 20.2. The molecule has 0 spiro atoms. The third-order valence-corrected chi connectivity index (χ3v) is 6.89. The highest BCUT2D eigenvalue weighted by Crippen LogP contribution is 2.39. The number of benzene rings is 4. The number of halogens is 8. The topological polar surface area (TPSA) is 9.23 Å². The summed E-state index contributed by atoms with van der Waals surface area (Å²) in [6.07, 6.45) is -0.0806. The van der Waals surface area contributed by atoms with Gasteiger partial charge in [-0.15, -0.1) is 0 Å². The molecule has 0 aromatic heterocycles. The third kappa shape index (κ3) is 5.69. The van der Waals surface area contributed by atoms with Crippen molar-refractivity contribution in [2.45, 2.75) is 45.1 Å². The Morgan fingerprint density at radius 1 is 0.600 bits per heavy atom. The van der Waals surface area contributed by atoms with Gasteiger partial charge in [-0.25, -0.2) is 26.3 Å². The van der Waals surface area contributed by atoms with E-state index in [0.29, 0.717) is 23.6 Å². The number of hydrogen-bond donors (Lipinski definition) is 0. The van der Waals surface area contributed by atoms with E-state index < -0.39 is 52.3 Å². The predicted octanol–water partition coefficient (Wildman–Crippen LogP) is 10.3. The molecule has 4 aromatic carbocycles. The lowest BCUT2D eigenvalue weighted by atomic mass is 9.94. The molecule has 0 N–H and O–H groups in total. The van der Waals surface area contributed by atoms with Crippen LogP contribution >= 0.6 is 0 Å². The maximum absolute atomic E-state index is 15.0. The molecule has 5 rings (SSSR count). The zero-order valence-corrected chi connectivity index (χ0v) is 20.2. The third-order valence-electron chi connectivity index (χ3n) is 6.89. The van der Waals surface area contributed by atoms with Crippen molar-refractivity contribution >= 4 is 0 Å². The molecule has 0 atom stereocenters. The normalized spacial score (nSPS) is 13.8. The quantitative estimate of drug-likeness (QED) is 0.167. The van der Waals surface area contributed by atoms with E-state index in [1.54, 1.807) is 6.07 Å². The van der Waals surface area contributed by atoms with Crippen LogP contribution in [0.4, 0.5) is 35.1 Å². The van der Waals surface area contributed by atoms with Crippen molar-refractivity contribution in [3.63, 3.8) is 0 Å². The molecule has 1 nitrogen and oxygen atoms in total. The lowest BCUT2D eigenvalue weighted by Gasteiger charge is -2.20. The van der Waals surface area contributed by atoms with Crippen LogP contribution in [0, 0.1) is 34.9 Å². The molecule has 1 aliphatic carbocycles. The van der Waals surface area contributed by atoms with Gasteiger partial charge in [-0.1, -0.05) is 56.7 Å².